The van der Waals surface area contributed by atoms with Crippen LogP contribution in [0.5, 0.6) is 5.75 Å². The maximum absolute atomic E-state index is 12.5. The van der Waals surface area contributed by atoms with Crippen molar-refractivity contribution >= 4 is 51.9 Å². The van der Waals surface area contributed by atoms with Gasteiger partial charge in [0.15, 0.2) is 0 Å². The number of phenolic OH excluding ortho intramolecular Hbond substituents is 1. The molecule has 1 aliphatic rings. The van der Waals surface area contributed by atoms with Gasteiger partial charge in [-0.25, -0.2) is 0 Å². The third-order valence-corrected chi connectivity index (χ3v) is 5.26. The Bertz CT molecular complexity index is 897. The molecule has 2 aromatic carbocycles. The third kappa shape index (κ3) is 5.18. The summed E-state index contributed by atoms with van der Waals surface area (Å²) >= 11 is 6.59. The van der Waals surface area contributed by atoms with Crippen LogP contribution in [0.4, 0.5) is 5.69 Å². The summed E-state index contributed by atoms with van der Waals surface area (Å²) in [6, 6.07) is 16.0. The first kappa shape index (κ1) is 19.1. The number of benzene rings is 2. The Morgan fingerprint density at radius 2 is 1.96 bits per heavy atom. The van der Waals surface area contributed by atoms with E-state index >= 15 is 0 Å². The summed E-state index contributed by atoms with van der Waals surface area (Å²) < 4.78 is 0.510. The second-order valence-corrected chi connectivity index (χ2v) is 7.62. The van der Waals surface area contributed by atoms with Crippen molar-refractivity contribution in [2.75, 3.05) is 11.9 Å². The molecule has 0 spiro atoms. The molecule has 0 radical (unpaired) electrons. The van der Waals surface area contributed by atoms with E-state index in [4.69, 9.17) is 12.2 Å². The first-order chi connectivity index (χ1) is 13.0. The minimum Gasteiger partial charge on any atom is -0.508 e. The van der Waals surface area contributed by atoms with Gasteiger partial charge >= 0.3 is 0 Å². The van der Waals surface area contributed by atoms with Crippen molar-refractivity contribution in [2.45, 2.75) is 12.8 Å². The van der Waals surface area contributed by atoms with Crippen LogP contribution in [0.3, 0.4) is 0 Å². The van der Waals surface area contributed by atoms with E-state index in [1.807, 2.05) is 36.4 Å². The fourth-order valence-corrected chi connectivity index (χ4v) is 3.91. The lowest BCUT2D eigenvalue weighted by molar-refractivity contribution is -0.122. The molecule has 2 amide bonds. The van der Waals surface area contributed by atoms with Gasteiger partial charge in [0.25, 0.3) is 5.91 Å². The quantitative estimate of drug-likeness (QED) is 0.568. The number of phenols is 1. The molecule has 2 aromatic rings. The lowest BCUT2D eigenvalue weighted by atomic mass is 10.2. The second-order valence-electron chi connectivity index (χ2n) is 5.95. The number of amides is 2. The van der Waals surface area contributed by atoms with Gasteiger partial charge in [-0.3, -0.25) is 14.5 Å². The Labute approximate surface area is 167 Å². The molecule has 0 unspecified atom stereocenters. The number of nitrogens with one attached hydrogen (secondary N) is 1. The number of hydrogen-bond acceptors (Lipinski definition) is 5. The van der Waals surface area contributed by atoms with Gasteiger partial charge < -0.3 is 10.4 Å². The Balaban J connectivity index is 1.52. The number of thioether (sulfide) groups is 1. The average Bonchev–Trinajstić information content (AvgIpc) is 2.90. The molecule has 0 atom stereocenters. The summed E-state index contributed by atoms with van der Waals surface area (Å²) in [6.07, 6.45) is 2.58. The number of carbonyl (C=O) groups excluding carboxylic acids is 2. The second kappa shape index (κ2) is 8.83. The van der Waals surface area contributed by atoms with Crippen LogP contribution in [-0.4, -0.2) is 32.7 Å². The van der Waals surface area contributed by atoms with Crippen molar-refractivity contribution in [1.82, 2.24) is 4.90 Å². The van der Waals surface area contributed by atoms with Crippen LogP contribution in [0.1, 0.15) is 18.4 Å². The van der Waals surface area contributed by atoms with E-state index in [1.165, 1.54) is 28.8 Å². The van der Waals surface area contributed by atoms with E-state index in [1.54, 1.807) is 12.1 Å². The Hall–Kier alpha value is -2.64. The van der Waals surface area contributed by atoms with Gasteiger partial charge in [0.05, 0.1) is 4.91 Å². The van der Waals surface area contributed by atoms with E-state index < -0.39 is 0 Å². The fourth-order valence-electron chi connectivity index (χ4n) is 2.60. The first-order valence-corrected chi connectivity index (χ1v) is 9.65. The van der Waals surface area contributed by atoms with Gasteiger partial charge in [0.2, 0.25) is 5.91 Å². The number of anilines is 1. The maximum atomic E-state index is 12.5. The predicted molar refractivity (Wildman–Crippen MR) is 112 cm³/mol. The molecule has 1 saturated heterocycles. The molecule has 138 valence electrons. The molecule has 7 heteroatoms. The number of hydrogen-bond donors (Lipinski definition) is 2. The topological polar surface area (TPSA) is 69.6 Å². The average molecular weight is 399 g/mol. The highest BCUT2D eigenvalue weighted by Gasteiger charge is 2.31. The minimum atomic E-state index is -0.175. The standard InChI is InChI=1S/C20H18N2O3S2/c23-16-9-4-8-15(13-16)21-18(24)10-5-11-22-19(25)17(27-20(22)26)12-14-6-2-1-3-7-14/h1-4,6-9,12-13,23H,5,10-11H2,(H,21,24)/b17-12+. The van der Waals surface area contributed by atoms with Gasteiger partial charge in [-0.15, -0.1) is 0 Å². The third-order valence-electron chi connectivity index (χ3n) is 3.89. The highest BCUT2D eigenvalue weighted by molar-refractivity contribution is 8.26. The molecule has 3 rings (SSSR count). The van der Waals surface area contributed by atoms with Gasteiger partial charge in [-0.2, -0.15) is 0 Å². The van der Waals surface area contributed by atoms with Gasteiger partial charge in [-0.05, 0) is 30.2 Å². The first-order valence-electron chi connectivity index (χ1n) is 8.42. The molecule has 27 heavy (non-hydrogen) atoms. The van der Waals surface area contributed by atoms with Crippen molar-refractivity contribution in [3.05, 3.63) is 65.1 Å². The molecule has 5 nitrogen and oxygen atoms in total. The van der Waals surface area contributed by atoms with Crippen molar-refractivity contribution in [3.8, 4) is 5.75 Å². The van der Waals surface area contributed by atoms with Crippen LogP contribution >= 0.6 is 24.0 Å². The summed E-state index contributed by atoms with van der Waals surface area (Å²) in [4.78, 5) is 26.7. The normalized spacial score (nSPS) is 15.4. The van der Waals surface area contributed by atoms with Crippen LogP contribution in [0.2, 0.25) is 0 Å². The van der Waals surface area contributed by atoms with E-state index in [2.05, 4.69) is 5.32 Å². The summed E-state index contributed by atoms with van der Waals surface area (Å²) in [6.45, 7) is 0.393. The van der Waals surface area contributed by atoms with Crippen LogP contribution in [-0.2, 0) is 9.59 Å². The molecule has 2 N–H and O–H groups in total. The number of thiocarbonyl (C=S) groups is 1. The van der Waals surface area contributed by atoms with Crippen molar-refractivity contribution in [2.24, 2.45) is 0 Å². The van der Waals surface area contributed by atoms with Crippen molar-refractivity contribution in [3.63, 3.8) is 0 Å². The number of aromatic hydroxyl groups is 1. The molecule has 1 fully saturated rings. The zero-order valence-corrected chi connectivity index (χ0v) is 16.1. The highest BCUT2D eigenvalue weighted by Crippen LogP contribution is 2.32. The molecular weight excluding hydrogens is 380 g/mol. The summed E-state index contributed by atoms with van der Waals surface area (Å²) in [5.41, 5.74) is 1.49. The SMILES string of the molecule is O=C(CCCN1C(=O)/C(=C\c2ccccc2)SC1=S)Nc1cccc(O)c1. The van der Waals surface area contributed by atoms with Crippen LogP contribution in [0.15, 0.2) is 59.5 Å². The largest absolute Gasteiger partial charge is 0.508 e. The molecule has 0 aromatic heterocycles. The number of rotatable bonds is 6. The van der Waals surface area contributed by atoms with Crippen molar-refractivity contribution in [1.29, 1.82) is 0 Å². The smallest absolute Gasteiger partial charge is 0.266 e. The Kier molecular flexibility index (Phi) is 6.26. The van der Waals surface area contributed by atoms with Crippen LogP contribution in [0, 0.1) is 0 Å². The van der Waals surface area contributed by atoms with E-state index in [0.29, 0.717) is 27.9 Å². The number of carbonyl (C=O) groups is 2. The minimum absolute atomic E-state index is 0.0931. The monoisotopic (exact) mass is 398 g/mol. The zero-order valence-electron chi connectivity index (χ0n) is 14.4. The molecule has 0 bridgehead atoms. The van der Waals surface area contributed by atoms with Crippen molar-refractivity contribution < 1.29 is 14.7 Å². The Morgan fingerprint density at radius 1 is 1.19 bits per heavy atom. The van der Waals surface area contributed by atoms with E-state index in [0.717, 1.165) is 5.56 Å². The highest BCUT2D eigenvalue weighted by atomic mass is 32.2. The lowest BCUT2D eigenvalue weighted by Crippen LogP contribution is -2.29. The molecule has 1 heterocycles. The summed E-state index contributed by atoms with van der Waals surface area (Å²) in [7, 11) is 0. The maximum Gasteiger partial charge on any atom is 0.266 e. The molecule has 0 saturated carbocycles. The molecule has 1 aliphatic heterocycles. The van der Waals surface area contributed by atoms with E-state index in [9.17, 15) is 14.7 Å². The van der Waals surface area contributed by atoms with Gasteiger partial charge in [0.1, 0.15) is 10.1 Å². The summed E-state index contributed by atoms with van der Waals surface area (Å²) in [5, 5.41) is 12.1. The predicted octanol–water partition coefficient (Wildman–Crippen LogP) is 4.01. The van der Waals surface area contributed by atoms with Gasteiger partial charge in [-0.1, -0.05) is 60.4 Å². The van der Waals surface area contributed by atoms with Crippen LogP contribution < -0.4 is 5.32 Å². The van der Waals surface area contributed by atoms with E-state index in [-0.39, 0.29) is 24.0 Å². The lowest BCUT2D eigenvalue weighted by Gasteiger charge is -2.14. The zero-order chi connectivity index (χ0) is 19.2. The summed E-state index contributed by atoms with van der Waals surface area (Å²) in [5.74, 6) is -0.205. The molecular formula is C20H18N2O3S2. The fraction of sp³-hybridized carbons (Fsp3) is 0.150. The Morgan fingerprint density at radius 3 is 2.70 bits per heavy atom. The molecule has 0 aliphatic carbocycles. The number of nitrogens with zero attached hydrogens (tertiary/aromatic N) is 1. The van der Waals surface area contributed by atoms with Gasteiger partial charge in [0, 0.05) is 24.7 Å². The van der Waals surface area contributed by atoms with Crippen LogP contribution in [0.25, 0.3) is 6.08 Å².